The van der Waals surface area contributed by atoms with E-state index in [1.54, 1.807) is 7.11 Å². The summed E-state index contributed by atoms with van der Waals surface area (Å²) in [7, 11) is 1.69. The zero-order valence-electron chi connectivity index (χ0n) is 20.0. The van der Waals surface area contributed by atoms with Gasteiger partial charge in [0.25, 0.3) is 0 Å². The van der Waals surface area contributed by atoms with Crippen LogP contribution >= 0.6 is 0 Å². The Labute approximate surface area is 203 Å². The Morgan fingerprint density at radius 3 is 2.86 bits per heavy atom. The summed E-state index contributed by atoms with van der Waals surface area (Å²) in [5, 5.41) is 12.4. The molecule has 35 heavy (non-hydrogen) atoms. The molecule has 1 amide bonds. The fourth-order valence-corrected chi connectivity index (χ4v) is 5.88. The number of hydrogen-bond acceptors (Lipinski definition) is 5. The van der Waals surface area contributed by atoms with E-state index in [0.717, 1.165) is 77.8 Å². The number of aryl methyl sites for hydroxylation is 1. The lowest BCUT2D eigenvalue weighted by Gasteiger charge is -2.27. The van der Waals surface area contributed by atoms with E-state index < -0.39 is 0 Å². The third kappa shape index (κ3) is 3.96. The highest BCUT2D eigenvalue weighted by Crippen LogP contribution is 2.39. The van der Waals surface area contributed by atoms with Crippen molar-refractivity contribution in [1.29, 1.82) is 0 Å². The van der Waals surface area contributed by atoms with Crippen LogP contribution < -0.4 is 10.5 Å². The number of aromatic amines is 1. The second-order valence-corrected chi connectivity index (χ2v) is 9.86. The Bertz CT molecular complexity index is 1400. The number of H-pyrrole nitrogens is 1. The Morgan fingerprint density at radius 1 is 1.20 bits per heavy atom. The highest BCUT2D eigenvalue weighted by molar-refractivity contribution is 5.92. The maximum absolute atomic E-state index is 11.3. The summed E-state index contributed by atoms with van der Waals surface area (Å²) in [6.07, 6.45) is 11.8. The minimum atomic E-state index is -0.204. The van der Waals surface area contributed by atoms with Crippen LogP contribution in [0, 0.1) is 5.92 Å². The number of pyridine rings is 1. The molecular weight excluding hydrogens is 440 g/mol. The molecule has 2 aliphatic carbocycles. The number of nitrogens with one attached hydrogen (secondary N) is 1. The maximum Gasteiger partial charge on any atom is 0.217 e. The third-order valence-corrected chi connectivity index (χ3v) is 7.68. The van der Waals surface area contributed by atoms with Gasteiger partial charge in [0.05, 0.1) is 24.9 Å². The molecule has 0 spiro atoms. The molecule has 180 valence electrons. The molecule has 0 saturated heterocycles. The van der Waals surface area contributed by atoms with Crippen molar-refractivity contribution in [3.8, 4) is 28.3 Å². The fraction of sp³-hybridized carbons (Fsp3) is 0.407. The second-order valence-electron chi connectivity index (χ2n) is 9.86. The summed E-state index contributed by atoms with van der Waals surface area (Å²) < 4.78 is 7.79. The van der Waals surface area contributed by atoms with Crippen LogP contribution in [0.1, 0.15) is 55.7 Å². The molecule has 6 rings (SSSR count). The van der Waals surface area contributed by atoms with Crippen molar-refractivity contribution in [2.24, 2.45) is 11.7 Å². The molecule has 1 fully saturated rings. The molecule has 2 aliphatic rings. The third-order valence-electron chi connectivity index (χ3n) is 7.68. The summed E-state index contributed by atoms with van der Waals surface area (Å²) in [4.78, 5) is 16.3. The number of fused-ring (bicyclic) bond motifs is 2. The highest BCUT2D eigenvalue weighted by atomic mass is 16.5. The van der Waals surface area contributed by atoms with E-state index in [4.69, 9.17) is 15.5 Å². The van der Waals surface area contributed by atoms with Gasteiger partial charge in [-0.05, 0) is 62.0 Å². The van der Waals surface area contributed by atoms with E-state index in [1.807, 2.05) is 16.9 Å². The molecule has 1 aromatic carbocycles. The predicted octanol–water partition coefficient (Wildman–Crippen LogP) is 4.59. The second kappa shape index (κ2) is 8.83. The van der Waals surface area contributed by atoms with Gasteiger partial charge in [-0.25, -0.2) is 4.98 Å². The van der Waals surface area contributed by atoms with Crippen molar-refractivity contribution >= 4 is 16.9 Å². The number of carbonyl (C=O) groups is 1. The fourth-order valence-electron chi connectivity index (χ4n) is 5.88. The number of methoxy groups -OCH3 is 1. The summed E-state index contributed by atoms with van der Waals surface area (Å²) in [5.41, 5.74) is 13.6. The van der Waals surface area contributed by atoms with Gasteiger partial charge in [0.2, 0.25) is 5.91 Å². The standard InChI is InChI=1S/C27H30N6O2/c1-35-23-13-22-27(30-26(23)21-7-3-5-17-4-2-6-20(17)21)25(32-31-22)18-14-29-33(15-18)19-10-8-16(9-11-19)12-24(28)34/h3,5,7,13-16,19H,2,4,6,8-12H2,1H3,(H2,28,34)(H,31,32). The van der Waals surface area contributed by atoms with Crippen LogP contribution in [0.2, 0.25) is 0 Å². The van der Waals surface area contributed by atoms with Gasteiger partial charge in [-0.3, -0.25) is 14.6 Å². The molecule has 3 aromatic heterocycles. The first-order valence-corrected chi connectivity index (χ1v) is 12.5. The molecular formula is C27H30N6O2. The van der Waals surface area contributed by atoms with E-state index >= 15 is 0 Å². The molecule has 0 bridgehead atoms. The zero-order chi connectivity index (χ0) is 23.9. The van der Waals surface area contributed by atoms with Crippen molar-refractivity contribution in [1.82, 2.24) is 25.0 Å². The van der Waals surface area contributed by atoms with Crippen molar-refractivity contribution in [2.75, 3.05) is 7.11 Å². The lowest BCUT2D eigenvalue weighted by Crippen LogP contribution is -2.22. The van der Waals surface area contributed by atoms with Crippen LogP contribution in [0.25, 0.3) is 33.5 Å². The average Bonchev–Trinajstić information content (AvgIpc) is 3.62. The molecule has 1 saturated carbocycles. The van der Waals surface area contributed by atoms with Crippen molar-refractivity contribution in [2.45, 2.75) is 57.4 Å². The Kier molecular flexibility index (Phi) is 5.51. The largest absolute Gasteiger partial charge is 0.494 e. The number of hydrogen-bond donors (Lipinski definition) is 2. The first-order valence-electron chi connectivity index (χ1n) is 12.5. The van der Waals surface area contributed by atoms with Crippen LogP contribution in [0.3, 0.4) is 0 Å². The Hall–Kier alpha value is -3.68. The summed E-state index contributed by atoms with van der Waals surface area (Å²) in [6, 6.07) is 8.80. The van der Waals surface area contributed by atoms with E-state index in [1.165, 1.54) is 17.5 Å². The molecule has 0 radical (unpaired) electrons. The van der Waals surface area contributed by atoms with Gasteiger partial charge in [-0.1, -0.05) is 18.2 Å². The lowest BCUT2D eigenvalue weighted by atomic mass is 9.84. The Morgan fingerprint density at radius 2 is 2.06 bits per heavy atom. The maximum atomic E-state index is 11.3. The van der Waals surface area contributed by atoms with Gasteiger partial charge < -0.3 is 10.5 Å². The smallest absolute Gasteiger partial charge is 0.217 e. The number of rotatable bonds is 6. The molecule has 4 aromatic rings. The Balaban J connectivity index is 1.33. The SMILES string of the molecule is COc1cc2[nH]nc(-c3cnn(C4CCC(CC(N)=O)CC4)c3)c2nc1-c1cccc2c1CCC2. The molecule has 8 heteroatoms. The van der Waals surface area contributed by atoms with Crippen LogP contribution in [-0.4, -0.2) is 38.0 Å². The summed E-state index contributed by atoms with van der Waals surface area (Å²) in [5.74, 6) is 0.937. The molecule has 0 aliphatic heterocycles. The van der Waals surface area contributed by atoms with Gasteiger partial charge in [0.1, 0.15) is 22.7 Å². The van der Waals surface area contributed by atoms with Crippen LogP contribution in [0.4, 0.5) is 0 Å². The van der Waals surface area contributed by atoms with Crippen LogP contribution in [-0.2, 0) is 17.6 Å². The highest BCUT2D eigenvalue weighted by Gasteiger charge is 2.25. The van der Waals surface area contributed by atoms with Crippen LogP contribution in [0.15, 0.2) is 36.7 Å². The average molecular weight is 471 g/mol. The number of carbonyl (C=O) groups excluding carboxylic acids is 1. The number of nitrogens with zero attached hydrogens (tertiary/aromatic N) is 4. The van der Waals surface area contributed by atoms with Crippen molar-refractivity contribution in [3.05, 3.63) is 47.8 Å². The normalized spacial score (nSPS) is 19.7. The first-order chi connectivity index (χ1) is 17.1. The summed E-state index contributed by atoms with van der Waals surface area (Å²) in [6.45, 7) is 0. The van der Waals surface area contributed by atoms with Crippen molar-refractivity contribution < 1.29 is 9.53 Å². The first kappa shape index (κ1) is 21.8. The number of primary amides is 1. The number of amides is 1. The van der Waals surface area contributed by atoms with E-state index in [-0.39, 0.29) is 5.91 Å². The molecule has 3 heterocycles. The summed E-state index contributed by atoms with van der Waals surface area (Å²) >= 11 is 0. The van der Waals surface area contributed by atoms with Gasteiger partial charge in [-0.2, -0.15) is 10.2 Å². The van der Waals surface area contributed by atoms with E-state index in [0.29, 0.717) is 18.4 Å². The number of ether oxygens (including phenoxy) is 1. The van der Waals surface area contributed by atoms with Gasteiger partial charge in [0, 0.05) is 29.8 Å². The van der Waals surface area contributed by atoms with Gasteiger partial charge in [0.15, 0.2) is 0 Å². The molecule has 8 nitrogen and oxygen atoms in total. The topological polar surface area (TPSA) is 112 Å². The minimum Gasteiger partial charge on any atom is -0.494 e. The molecule has 3 N–H and O–H groups in total. The van der Waals surface area contributed by atoms with E-state index in [2.05, 4.69) is 39.7 Å². The zero-order valence-corrected chi connectivity index (χ0v) is 20.0. The number of aromatic nitrogens is 5. The minimum absolute atomic E-state index is 0.204. The van der Waals surface area contributed by atoms with Gasteiger partial charge >= 0.3 is 0 Å². The van der Waals surface area contributed by atoms with E-state index in [9.17, 15) is 4.79 Å². The van der Waals surface area contributed by atoms with Crippen LogP contribution in [0.5, 0.6) is 5.75 Å². The monoisotopic (exact) mass is 470 g/mol. The molecule has 0 atom stereocenters. The van der Waals surface area contributed by atoms with Crippen molar-refractivity contribution in [3.63, 3.8) is 0 Å². The molecule has 0 unspecified atom stereocenters. The number of benzene rings is 1. The quantitative estimate of drug-likeness (QED) is 0.428. The lowest BCUT2D eigenvalue weighted by molar-refractivity contribution is -0.119. The number of nitrogens with two attached hydrogens (primary N) is 1. The van der Waals surface area contributed by atoms with Gasteiger partial charge in [-0.15, -0.1) is 0 Å². The predicted molar refractivity (Wildman–Crippen MR) is 134 cm³/mol.